The molecule has 0 aliphatic carbocycles. The van der Waals surface area contributed by atoms with Crippen molar-refractivity contribution in [1.82, 2.24) is 9.80 Å². The van der Waals surface area contributed by atoms with Gasteiger partial charge in [-0.05, 0) is 32.1 Å². The molecule has 0 spiro atoms. The number of likely N-dealkylation sites (tertiary alicyclic amines) is 2. The number of rotatable bonds is 2. The molecule has 0 aromatic rings. The minimum atomic E-state index is -0.920. The minimum absolute atomic E-state index is 0.0587. The van der Waals surface area contributed by atoms with Crippen LogP contribution in [0.3, 0.4) is 0 Å². The van der Waals surface area contributed by atoms with Crippen LogP contribution in [0.2, 0.25) is 0 Å². The third-order valence-electron chi connectivity index (χ3n) is 4.77. The van der Waals surface area contributed by atoms with Crippen LogP contribution in [0, 0.1) is 11.3 Å². The number of carboxylic acids is 1. The molecule has 0 saturated carbocycles. The van der Waals surface area contributed by atoms with E-state index in [-0.39, 0.29) is 17.7 Å². The molecule has 6 nitrogen and oxygen atoms in total. The number of carboxylic acid groups (broad SMARTS) is 1. The van der Waals surface area contributed by atoms with Crippen molar-refractivity contribution in [1.29, 1.82) is 0 Å². The third kappa shape index (κ3) is 4.03. The standard InChI is InChI=1S/C17H28N2O4/c1-17(2,3)16(23)18-9-6-7-12(11-18)14(20)19-10-5-4-8-13(19)15(21)22/h12-13H,4-11H2,1-3H3,(H,21,22)/t12?,13-/m1/s1. The first-order chi connectivity index (χ1) is 10.7. The molecule has 2 rings (SSSR count). The molecule has 2 aliphatic heterocycles. The Labute approximate surface area is 137 Å². The highest BCUT2D eigenvalue weighted by atomic mass is 16.4. The lowest BCUT2D eigenvalue weighted by atomic mass is 9.90. The van der Waals surface area contributed by atoms with E-state index in [9.17, 15) is 19.5 Å². The van der Waals surface area contributed by atoms with Crippen LogP contribution in [0.5, 0.6) is 0 Å². The van der Waals surface area contributed by atoms with Crippen molar-refractivity contribution in [2.75, 3.05) is 19.6 Å². The van der Waals surface area contributed by atoms with Crippen LogP contribution in [-0.4, -0.2) is 58.4 Å². The Morgan fingerprint density at radius 1 is 1.00 bits per heavy atom. The molecule has 0 aromatic heterocycles. The largest absolute Gasteiger partial charge is 0.480 e. The number of nitrogens with zero attached hydrogens (tertiary/aromatic N) is 2. The molecule has 23 heavy (non-hydrogen) atoms. The van der Waals surface area contributed by atoms with Crippen molar-refractivity contribution in [3.8, 4) is 0 Å². The van der Waals surface area contributed by atoms with Gasteiger partial charge in [0.1, 0.15) is 6.04 Å². The van der Waals surface area contributed by atoms with Crippen molar-refractivity contribution in [2.45, 2.75) is 58.9 Å². The summed E-state index contributed by atoms with van der Waals surface area (Å²) in [5.41, 5.74) is -0.459. The smallest absolute Gasteiger partial charge is 0.326 e. The van der Waals surface area contributed by atoms with Gasteiger partial charge in [0, 0.05) is 25.0 Å². The molecule has 2 atom stereocenters. The lowest BCUT2D eigenvalue weighted by Crippen LogP contribution is -2.54. The third-order valence-corrected chi connectivity index (χ3v) is 4.77. The molecule has 2 saturated heterocycles. The fraction of sp³-hybridized carbons (Fsp3) is 0.824. The summed E-state index contributed by atoms with van der Waals surface area (Å²) in [5.74, 6) is -1.22. The number of amides is 2. The van der Waals surface area contributed by atoms with Gasteiger partial charge >= 0.3 is 5.97 Å². The van der Waals surface area contributed by atoms with Crippen LogP contribution in [0.15, 0.2) is 0 Å². The Hall–Kier alpha value is -1.59. The van der Waals surface area contributed by atoms with E-state index in [0.717, 1.165) is 25.7 Å². The number of hydrogen-bond donors (Lipinski definition) is 1. The zero-order valence-corrected chi connectivity index (χ0v) is 14.4. The Morgan fingerprint density at radius 3 is 2.30 bits per heavy atom. The Balaban J connectivity index is 2.06. The average molecular weight is 324 g/mol. The first-order valence-corrected chi connectivity index (χ1v) is 8.54. The maximum Gasteiger partial charge on any atom is 0.326 e. The van der Waals surface area contributed by atoms with Gasteiger partial charge in [-0.2, -0.15) is 0 Å². The predicted molar refractivity (Wildman–Crippen MR) is 85.7 cm³/mol. The number of carbonyl (C=O) groups excluding carboxylic acids is 2. The van der Waals surface area contributed by atoms with Gasteiger partial charge < -0.3 is 14.9 Å². The average Bonchev–Trinajstić information content (AvgIpc) is 2.52. The van der Waals surface area contributed by atoms with Gasteiger partial charge in [0.05, 0.1) is 5.92 Å². The normalized spacial score (nSPS) is 26.0. The van der Waals surface area contributed by atoms with E-state index in [1.54, 1.807) is 4.90 Å². The zero-order valence-electron chi connectivity index (χ0n) is 14.4. The van der Waals surface area contributed by atoms with E-state index in [0.29, 0.717) is 26.1 Å². The Bertz CT molecular complexity index is 483. The first kappa shape index (κ1) is 17.8. The molecule has 6 heteroatoms. The van der Waals surface area contributed by atoms with Crippen molar-refractivity contribution in [2.24, 2.45) is 11.3 Å². The number of hydrogen-bond acceptors (Lipinski definition) is 3. The molecular weight excluding hydrogens is 296 g/mol. The van der Waals surface area contributed by atoms with Crippen LogP contribution in [0.1, 0.15) is 52.9 Å². The highest BCUT2D eigenvalue weighted by Crippen LogP contribution is 2.27. The second-order valence-electron chi connectivity index (χ2n) is 7.72. The summed E-state index contributed by atoms with van der Waals surface area (Å²) in [4.78, 5) is 40.0. The van der Waals surface area contributed by atoms with Crippen molar-refractivity contribution in [3.05, 3.63) is 0 Å². The first-order valence-electron chi connectivity index (χ1n) is 8.54. The maximum atomic E-state index is 12.8. The number of piperidine rings is 2. The highest BCUT2D eigenvalue weighted by Gasteiger charge is 2.38. The van der Waals surface area contributed by atoms with Crippen molar-refractivity contribution >= 4 is 17.8 Å². The van der Waals surface area contributed by atoms with Crippen LogP contribution in [-0.2, 0) is 14.4 Å². The van der Waals surface area contributed by atoms with Crippen LogP contribution in [0.4, 0.5) is 0 Å². The summed E-state index contributed by atoms with van der Waals surface area (Å²) in [6.07, 6.45) is 3.75. The fourth-order valence-electron chi connectivity index (χ4n) is 3.52. The Kier molecular flexibility index (Phi) is 5.32. The molecule has 1 unspecified atom stereocenters. The molecule has 0 aromatic carbocycles. The summed E-state index contributed by atoms with van der Waals surface area (Å²) in [6, 6.07) is -0.704. The van der Waals surface area contributed by atoms with E-state index in [1.165, 1.54) is 4.90 Å². The summed E-state index contributed by atoms with van der Waals surface area (Å²) in [7, 11) is 0. The van der Waals surface area contributed by atoms with Gasteiger partial charge in [-0.1, -0.05) is 20.8 Å². The second kappa shape index (κ2) is 6.89. The van der Waals surface area contributed by atoms with E-state index in [4.69, 9.17) is 0 Å². The molecular formula is C17H28N2O4. The molecule has 0 bridgehead atoms. The van der Waals surface area contributed by atoms with E-state index < -0.39 is 17.4 Å². The van der Waals surface area contributed by atoms with Gasteiger partial charge in [0.15, 0.2) is 0 Å². The lowest BCUT2D eigenvalue weighted by Gasteiger charge is -2.40. The quantitative estimate of drug-likeness (QED) is 0.839. The minimum Gasteiger partial charge on any atom is -0.480 e. The van der Waals surface area contributed by atoms with Gasteiger partial charge in [-0.3, -0.25) is 9.59 Å². The summed E-state index contributed by atoms with van der Waals surface area (Å²) < 4.78 is 0. The van der Waals surface area contributed by atoms with Gasteiger partial charge in [-0.25, -0.2) is 4.79 Å². The lowest BCUT2D eigenvalue weighted by molar-refractivity contribution is -0.156. The van der Waals surface area contributed by atoms with Crippen LogP contribution in [0.25, 0.3) is 0 Å². The number of aliphatic carboxylic acids is 1. The SMILES string of the molecule is CC(C)(C)C(=O)N1CCCC(C(=O)N2CCCC[C@@H]2C(=O)O)C1. The molecule has 1 N–H and O–H groups in total. The zero-order chi connectivity index (χ0) is 17.2. The maximum absolute atomic E-state index is 12.8. The molecule has 2 fully saturated rings. The van der Waals surface area contributed by atoms with Crippen LogP contribution >= 0.6 is 0 Å². The molecule has 2 aliphatic rings. The highest BCUT2D eigenvalue weighted by molar-refractivity contribution is 5.87. The van der Waals surface area contributed by atoms with Gasteiger partial charge in [0.25, 0.3) is 0 Å². The molecule has 2 heterocycles. The predicted octanol–water partition coefficient (Wildman–Crippen LogP) is 1.74. The van der Waals surface area contributed by atoms with E-state index in [2.05, 4.69) is 0 Å². The van der Waals surface area contributed by atoms with E-state index in [1.807, 2.05) is 20.8 Å². The van der Waals surface area contributed by atoms with Crippen LogP contribution < -0.4 is 0 Å². The summed E-state index contributed by atoms with van der Waals surface area (Å²) >= 11 is 0. The molecule has 2 amide bonds. The fourth-order valence-corrected chi connectivity index (χ4v) is 3.52. The molecule has 0 radical (unpaired) electrons. The second-order valence-corrected chi connectivity index (χ2v) is 7.72. The molecule has 130 valence electrons. The topological polar surface area (TPSA) is 77.9 Å². The van der Waals surface area contributed by atoms with Gasteiger partial charge in [-0.15, -0.1) is 0 Å². The van der Waals surface area contributed by atoms with Crippen molar-refractivity contribution < 1.29 is 19.5 Å². The van der Waals surface area contributed by atoms with E-state index >= 15 is 0 Å². The Morgan fingerprint density at radius 2 is 1.70 bits per heavy atom. The number of carbonyl (C=O) groups is 3. The van der Waals surface area contributed by atoms with Gasteiger partial charge in [0.2, 0.25) is 11.8 Å². The summed E-state index contributed by atoms with van der Waals surface area (Å²) in [6.45, 7) is 7.25. The summed E-state index contributed by atoms with van der Waals surface area (Å²) in [5, 5.41) is 9.34. The monoisotopic (exact) mass is 324 g/mol. The van der Waals surface area contributed by atoms with Crippen molar-refractivity contribution in [3.63, 3.8) is 0 Å².